The molecule has 0 aromatic rings. The van der Waals surface area contributed by atoms with E-state index in [0.717, 1.165) is 31.6 Å². The summed E-state index contributed by atoms with van der Waals surface area (Å²) >= 11 is 5.60. The summed E-state index contributed by atoms with van der Waals surface area (Å²) in [7, 11) is 0. The fourth-order valence-corrected chi connectivity index (χ4v) is 1.96. The Bertz CT molecular complexity index is 305. The van der Waals surface area contributed by atoms with Crippen molar-refractivity contribution in [2.75, 3.05) is 12.5 Å². The summed E-state index contributed by atoms with van der Waals surface area (Å²) < 4.78 is 10.3. The SMILES string of the molecule is CC(C)C(C)OC(=O)CCC(=O)OCCCCCCCCCl. The Morgan fingerprint density at radius 1 is 0.864 bits per heavy atom. The monoisotopic (exact) mass is 334 g/mol. The van der Waals surface area contributed by atoms with Crippen LogP contribution in [0, 0.1) is 5.92 Å². The topological polar surface area (TPSA) is 52.6 Å². The second kappa shape index (κ2) is 13.9. The molecule has 0 saturated carbocycles. The lowest BCUT2D eigenvalue weighted by Crippen LogP contribution is -2.20. The van der Waals surface area contributed by atoms with Gasteiger partial charge < -0.3 is 9.47 Å². The predicted molar refractivity (Wildman–Crippen MR) is 89.0 cm³/mol. The highest BCUT2D eigenvalue weighted by Gasteiger charge is 2.14. The molecule has 1 atom stereocenters. The summed E-state index contributed by atoms with van der Waals surface area (Å²) in [5, 5.41) is 0. The molecule has 0 amide bonds. The van der Waals surface area contributed by atoms with Gasteiger partial charge in [0, 0.05) is 5.88 Å². The maximum absolute atomic E-state index is 11.5. The Morgan fingerprint density at radius 2 is 1.41 bits per heavy atom. The van der Waals surface area contributed by atoms with Crippen LogP contribution in [0.15, 0.2) is 0 Å². The number of alkyl halides is 1. The number of hydrogen-bond acceptors (Lipinski definition) is 4. The van der Waals surface area contributed by atoms with Gasteiger partial charge in [0.2, 0.25) is 0 Å². The lowest BCUT2D eigenvalue weighted by molar-refractivity contribution is -0.154. The second-order valence-corrected chi connectivity index (χ2v) is 6.35. The van der Waals surface area contributed by atoms with Crippen LogP contribution < -0.4 is 0 Å². The summed E-state index contributed by atoms with van der Waals surface area (Å²) in [5.74, 6) is 0.352. The summed E-state index contributed by atoms with van der Waals surface area (Å²) in [6.07, 6.45) is 6.57. The third kappa shape index (κ3) is 12.9. The molecule has 0 fully saturated rings. The first-order valence-electron chi connectivity index (χ1n) is 8.38. The number of esters is 2. The van der Waals surface area contributed by atoms with E-state index >= 15 is 0 Å². The van der Waals surface area contributed by atoms with Gasteiger partial charge in [-0.25, -0.2) is 0 Å². The van der Waals surface area contributed by atoms with E-state index in [1.165, 1.54) is 12.8 Å². The molecule has 0 spiro atoms. The lowest BCUT2D eigenvalue weighted by atomic mass is 10.1. The molecular weight excluding hydrogens is 304 g/mol. The van der Waals surface area contributed by atoms with E-state index in [-0.39, 0.29) is 36.8 Å². The highest BCUT2D eigenvalue weighted by Crippen LogP contribution is 2.08. The average molecular weight is 335 g/mol. The van der Waals surface area contributed by atoms with Gasteiger partial charge in [0.1, 0.15) is 6.10 Å². The number of carbonyl (C=O) groups excluding carboxylic acids is 2. The second-order valence-electron chi connectivity index (χ2n) is 5.97. The molecule has 0 saturated heterocycles. The Hall–Kier alpha value is -0.770. The van der Waals surface area contributed by atoms with Crippen LogP contribution in [-0.2, 0) is 19.1 Å². The third-order valence-corrected chi connectivity index (χ3v) is 3.85. The zero-order chi connectivity index (χ0) is 16.8. The van der Waals surface area contributed by atoms with Crippen molar-refractivity contribution in [3.63, 3.8) is 0 Å². The Kier molecular flexibility index (Phi) is 13.4. The van der Waals surface area contributed by atoms with Crippen molar-refractivity contribution in [1.82, 2.24) is 0 Å². The van der Waals surface area contributed by atoms with E-state index < -0.39 is 0 Å². The van der Waals surface area contributed by atoms with Gasteiger partial charge in [-0.2, -0.15) is 0 Å². The number of hydrogen-bond donors (Lipinski definition) is 0. The fourth-order valence-electron chi connectivity index (χ4n) is 1.77. The fraction of sp³-hybridized carbons (Fsp3) is 0.882. The summed E-state index contributed by atoms with van der Waals surface area (Å²) in [6, 6.07) is 0. The van der Waals surface area contributed by atoms with E-state index in [4.69, 9.17) is 21.1 Å². The molecule has 0 aromatic heterocycles. The minimum atomic E-state index is -0.336. The molecular formula is C17H31ClO4. The van der Waals surface area contributed by atoms with Crippen molar-refractivity contribution in [3.8, 4) is 0 Å². The van der Waals surface area contributed by atoms with Crippen LogP contribution in [0.2, 0.25) is 0 Å². The summed E-state index contributed by atoms with van der Waals surface area (Å²) in [5.41, 5.74) is 0. The Morgan fingerprint density at radius 3 is 2.00 bits per heavy atom. The maximum atomic E-state index is 11.5. The molecule has 0 heterocycles. The van der Waals surface area contributed by atoms with Gasteiger partial charge >= 0.3 is 11.9 Å². The van der Waals surface area contributed by atoms with Crippen LogP contribution in [0.5, 0.6) is 0 Å². The van der Waals surface area contributed by atoms with Crippen LogP contribution in [0.25, 0.3) is 0 Å². The van der Waals surface area contributed by atoms with Gasteiger partial charge in [0.25, 0.3) is 0 Å². The minimum absolute atomic E-state index is 0.0916. The molecule has 0 aromatic carbocycles. The molecule has 4 nitrogen and oxygen atoms in total. The number of rotatable bonds is 13. The summed E-state index contributed by atoms with van der Waals surface area (Å²) in [4.78, 5) is 23.0. The maximum Gasteiger partial charge on any atom is 0.306 e. The van der Waals surface area contributed by atoms with Crippen molar-refractivity contribution in [3.05, 3.63) is 0 Å². The number of ether oxygens (including phenoxy) is 2. The first-order valence-corrected chi connectivity index (χ1v) is 8.92. The molecule has 1 unspecified atom stereocenters. The minimum Gasteiger partial charge on any atom is -0.466 e. The zero-order valence-electron chi connectivity index (χ0n) is 14.2. The molecule has 0 aliphatic carbocycles. The van der Waals surface area contributed by atoms with Crippen LogP contribution in [0.4, 0.5) is 0 Å². The highest BCUT2D eigenvalue weighted by molar-refractivity contribution is 6.17. The van der Waals surface area contributed by atoms with Gasteiger partial charge in [-0.1, -0.05) is 39.5 Å². The van der Waals surface area contributed by atoms with Gasteiger partial charge in [0.05, 0.1) is 19.4 Å². The lowest BCUT2D eigenvalue weighted by Gasteiger charge is -2.16. The van der Waals surface area contributed by atoms with Crippen molar-refractivity contribution in [2.24, 2.45) is 5.92 Å². The molecule has 0 N–H and O–H groups in total. The van der Waals surface area contributed by atoms with Crippen LogP contribution in [-0.4, -0.2) is 30.5 Å². The van der Waals surface area contributed by atoms with E-state index in [1.54, 1.807) is 0 Å². The van der Waals surface area contributed by atoms with Crippen molar-refractivity contribution in [1.29, 1.82) is 0 Å². The molecule has 0 radical (unpaired) electrons. The smallest absolute Gasteiger partial charge is 0.306 e. The predicted octanol–water partition coefficient (Wildman–Crippen LogP) is 4.48. The van der Waals surface area contributed by atoms with E-state index in [0.29, 0.717) is 6.61 Å². The van der Waals surface area contributed by atoms with Crippen LogP contribution in [0.3, 0.4) is 0 Å². The zero-order valence-corrected chi connectivity index (χ0v) is 15.0. The van der Waals surface area contributed by atoms with Crippen molar-refractivity contribution < 1.29 is 19.1 Å². The Labute approximate surface area is 139 Å². The van der Waals surface area contributed by atoms with Gasteiger partial charge in [-0.05, 0) is 25.7 Å². The normalized spacial score (nSPS) is 12.2. The van der Waals surface area contributed by atoms with Crippen molar-refractivity contribution >= 4 is 23.5 Å². The highest BCUT2D eigenvalue weighted by atomic mass is 35.5. The van der Waals surface area contributed by atoms with E-state index in [9.17, 15) is 9.59 Å². The average Bonchev–Trinajstić information content (AvgIpc) is 2.47. The van der Waals surface area contributed by atoms with Gasteiger partial charge in [-0.3, -0.25) is 9.59 Å². The molecule has 22 heavy (non-hydrogen) atoms. The van der Waals surface area contributed by atoms with Crippen LogP contribution >= 0.6 is 11.6 Å². The molecule has 0 bridgehead atoms. The van der Waals surface area contributed by atoms with Gasteiger partial charge in [-0.15, -0.1) is 11.6 Å². The van der Waals surface area contributed by atoms with E-state index in [1.807, 2.05) is 20.8 Å². The number of carbonyl (C=O) groups is 2. The molecule has 5 heteroatoms. The largest absolute Gasteiger partial charge is 0.466 e. The van der Waals surface area contributed by atoms with Crippen molar-refractivity contribution in [2.45, 2.75) is 78.2 Å². The van der Waals surface area contributed by atoms with Crippen LogP contribution in [0.1, 0.15) is 72.1 Å². The number of unbranched alkanes of at least 4 members (excludes halogenated alkanes) is 5. The molecule has 130 valence electrons. The standard InChI is InChI=1S/C17H31ClO4/c1-14(2)15(3)22-17(20)11-10-16(19)21-13-9-7-5-4-6-8-12-18/h14-15H,4-13H2,1-3H3. The molecule has 0 aliphatic heterocycles. The molecule has 0 aliphatic rings. The summed E-state index contributed by atoms with van der Waals surface area (Å²) in [6.45, 7) is 6.27. The quantitative estimate of drug-likeness (QED) is 0.283. The van der Waals surface area contributed by atoms with Gasteiger partial charge in [0.15, 0.2) is 0 Å². The van der Waals surface area contributed by atoms with E-state index in [2.05, 4.69) is 0 Å². The Balaban J connectivity index is 3.48. The number of halogens is 1. The molecule has 0 rings (SSSR count). The first kappa shape index (κ1) is 21.2. The third-order valence-electron chi connectivity index (χ3n) is 3.58. The first-order chi connectivity index (χ1) is 10.5.